The Hall–Kier alpha value is -2.87. The van der Waals surface area contributed by atoms with Crippen molar-refractivity contribution in [2.75, 3.05) is 26.7 Å². The minimum atomic E-state index is 0.506. The van der Waals surface area contributed by atoms with Crippen molar-refractivity contribution >= 4 is 11.6 Å². The fraction of sp³-hybridized carbons (Fsp3) is 0.389. The van der Waals surface area contributed by atoms with Gasteiger partial charge in [-0.1, -0.05) is 6.07 Å². The van der Waals surface area contributed by atoms with Crippen LogP contribution >= 0.6 is 0 Å². The van der Waals surface area contributed by atoms with Crippen LogP contribution in [0.25, 0.3) is 5.65 Å². The molecule has 0 aliphatic heterocycles. The minimum absolute atomic E-state index is 0.506. The van der Waals surface area contributed by atoms with Crippen LogP contribution in [0.3, 0.4) is 0 Å². The van der Waals surface area contributed by atoms with Crippen molar-refractivity contribution in [3.63, 3.8) is 0 Å². The number of nitrogens with one attached hydrogen (secondary N) is 2. The van der Waals surface area contributed by atoms with Crippen molar-refractivity contribution in [1.82, 2.24) is 25.2 Å². The van der Waals surface area contributed by atoms with Gasteiger partial charge in [0.15, 0.2) is 11.6 Å². The molecule has 8 nitrogen and oxygen atoms in total. The van der Waals surface area contributed by atoms with Crippen LogP contribution < -0.4 is 10.6 Å². The molecule has 26 heavy (non-hydrogen) atoms. The average molecular weight is 356 g/mol. The Bertz CT molecular complexity index is 812. The van der Waals surface area contributed by atoms with Crippen LogP contribution in [0.1, 0.15) is 18.0 Å². The number of ether oxygens (including phenoxy) is 1. The highest BCUT2D eigenvalue weighted by Crippen LogP contribution is 2.03. The van der Waals surface area contributed by atoms with Crippen molar-refractivity contribution in [1.29, 1.82) is 0 Å². The van der Waals surface area contributed by atoms with Gasteiger partial charge in [-0.15, -0.1) is 10.2 Å². The van der Waals surface area contributed by atoms with Gasteiger partial charge in [0.05, 0.1) is 6.26 Å². The van der Waals surface area contributed by atoms with Gasteiger partial charge in [0, 0.05) is 39.4 Å². The third-order valence-corrected chi connectivity index (χ3v) is 3.83. The van der Waals surface area contributed by atoms with Gasteiger partial charge in [-0.2, -0.15) is 0 Å². The standard InChI is InChI=1S/C18H24N6O2/c1-19-18(20-9-5-12-25-14-15-6-4-13-26-15)21-10-8-17-23-22-16-7-2-3-11-24(16)17/h2-4,6-7,11,13H,5,8-10,12,14H2,1H3,(H2,19,20,21). The zero-order valence-electron chi connectivity index (χ0n) is 14.9. The second-order valence-electron chi connectivity index (χ2n) is 5.71. The van der Waals surface area contributed by atoms with Gasteiger partial charge in [-0.25, -0.2) is 0 Å². The molecule has 0 saturated carbocycles. The van der Waals surface area contributed by atoms with Crippen LogP contribution in [0.15, 0.2) is 52.2 Å². The molecule has 0 amide bonds. The monoisotopic (exact) mass is 356 g/mol. The van der Waals surface area contributed by atoms with Crippen LogP contribution in [0.4, 0.5) is 0 Å². The average Bonchev–Trinajstić information content (AvgIpc) is 3.33. The van der Waals surface area contributed by atoms with Gasteiger partial charge < -0.3 is 19.8 Å². The fourth-order valence-electron chi connectivity index (χ4n) is 2.52. The largest absolute Gasteiger partial charge is 0.467 e. The first-order valence-electron chi connectivity index (χ1n) is 8.70. The van der Waals surface area contributed by atoms with E-state index in [9.17, 15) is 0 Å². The Morgan fingerprint density at radius 3 is 2.96 bits per heavy atom. The van der Waals surface area contributed by atoms with E-state index < -0.39 is 0 Å². The molecular formula is C18H24N6O2. The van der Waals surface area contributed by atoms with E-state index in [0.717, 1.165) is 49.1 Å². The second-order valence-corrected chi connectivity index (χ2v) is 5.71. The Morgan fingerprint density at radius 1 is 1.19 bits per heavy atom. The Kier molecular flexibility index (Phi) is 6.60. The van der Waals surface area contributed by atoms with Gasteiger partial charge in [-0.05, 0) is 30.7 Å². The number of aliphatic imine (C=N–C) groups is 1. The Balaban J connectivity index is 1.31. The van der Waals surface area contributed by atoms with Gasteiger partial charge >= 0.3 is 0 Å². The molecule has 0 aromatic carbocycles. The lowest BCUT2D eigenvalue weighted by Gasteiger charge is -2.11. The molecule has 3 rings (SSSR count). The SMILES string of the molecule is CN=C(NCCCOCc1ccco1)NCCc1nnc2ccccn12. The molecule has 8 heteroatoms. The first-order valence-corrected chi connectivity index (χ1v) is 8.70. The smallest absolute Gasteiger partial charge is 0.190 e. The number of hydrogen-bond donors (Lipinski definition) is 2. The zero-order valence-corrected chi connectivity index (χ0v) is 14.9. The topological polar surface area (TPSA) is 89.0 Å². The molecular weight excluding hydrogens is 332 g/mol. The first-order chi connectivity index (χ1) is 12.9. The number of hydrogen-bond acceptors (Lipinski definition) is 5. The van der Waals surface area contributed by atoms with Gasteiger partial charge in [0.1, 0.15) is 18.2 Å². The van der Waals surface area contributed by atoms with Gasteiger partial charge in [0.2, 0.25) is 0 Å². The highest BCUT2D eigenvalue weighted by atomic mass is 16.5. The number of rotatable bonds is 9. The maximum atomic E-state index is 5.55. The summed E-state index contributed by atoms with van der Waals surface area (Å²) in [5, 5.41) is 14.9. The van der Waals surface area contributed by atoms with Crippen molar-refractivity contribution in [3.05, 3.63) is 54.4 Å². The van der Waals surface area contributed by atoms with Crippen molar-refractivity contribution in [2.45, 2.75) is 19.4 Å². The fourth-order valence-corrected chi connectivity index (χ4v) is 2.52. The minimum Gasteiger partial charge on any atom is -0.467 e. The molecule has 0 fully saturated rings. The van der Waals surface area contributed by atoms with Gasteiger partial charge in [-0.3, -0.25) is 9.39 Å². The lowest BCUT2D eigenvalue weighted by Crippen LogP contribution is -2.39. The molecule has 0 spiro atoms. The lowest BCUT2D eigenvalue weighted by atomic mass is 10.4. The van der Waals surface area contributed by atoms with E-state index in [-0.39, 0.29) is 0 Å². The second kappa shape index (κ2) is 9.57. The van der Waals surface area contributed by atoms with E-state index in [4.69, 9.17) is 9.15 Å². The molecule has 3 heterocycles. The molecule has 0 radical (unpaired) electrons. The molecule has 0 aliphatic rings. The van der Waals surface area contributed by atoms with E-state index >= 15 is 0 Å². The molecule has 0 saturated heterocycles. The number of aromatic nitrogens is 3. The third-order valence-electron chi connectivity index (χ3n) is 3.83. The summed E-state index contributed by atoms with van der Waals surface area (Å²) in [4.78, 5) is 4.22. The summed E-state index contributed by atoms with van der Waals surface area (Å²) < 4.78 is 12.8. The number of furan rings is 1. The predicted molar refractivity (Wildman–Crippen MR) is 99.0 cm³/mol. The molecule has 3 aromatic rings. The Labute approximate surface area is 152 Å². The maximum Gasteiger partial charge on any atom is 0.190 e. The molecule has 2 N–H and O–H groups in total. The zero-order chi connectivity index (χ0) is 18.0. The summed E-state index contributed by atoms with van der Waals surface area (Å²) in [7, 11) is 1.76. The predicted octanol–water partition coefficient (Wildman–Crippen LogP) is 1.64. The molecule has 3 aromatic heterocycles. The van der Waals surface area contributed by atoms with E-state index in [2.05, 4.69) is 25.8 Å². The van der Waals surface area contributed by atoms with Crippen molar-refractivity contribution in [2.24, 2.45) is 4.99 Å². The summed E-state index contributed by atoms with van der Waals surface area (Å²) in [5.41, 5.74) is 0.861. The number of fused-ring (bicyclic) bond motifs is 1. The van der Waals surface area contributed by atoms with Crippen LogP contribution in [-0.2, 0) is 17.8 Å². The Morgan fingerprint density at radius 2 is 2.12 bits per heavy atom. The van der Waals surface area contributed by atoms with Crippen LogP contribution in [0.5, 0.6) is 0 Å². The van der Waals surface area contributed by atoms with E-state index in [1.165, 1.54) is 0 Å². The maximum absolute atomic E-state index is 5.55. The van der Waals surface area contributed by atoms with Crippen molar-refractivity contribution in [3.8, 4) is 0 Å². The van der Waals surface area contributed by atoms with E-state index in [1.807, 2.05) is 40.9 Å². The number of pyridine rings is 1. The summed E-state index contributed by atoms with van der Waals surface area (Å²) in [6, 6.07) is 9.64. The molecule has 0 aliphatic carbocycles. The van der Waals surface area contributed by atoms with E-state index in [0.29, 0.717) is 13.2 Å². The third kappa shape index (κ3) is 5.06. The van der Waals surface area contributed by atoms with Crippen LogP contribution in [-0.4, -0.2) is 47.3 Å². The van der Waals surface area contributed by atoms with Crippen molar-refractivity contribution < 1.29 is 9.15 Å². The van der Waals surface area contributed by atoms with Gasteiger partial charge in [0.25, 0.3) is 0 Å². The molecule has 0 bridgehead atoms. The summed E-state index contributed by atoms with van der Waals surface area (Å²) >= 11 is 0. The lowest BCUT2D eigenvalue weighted by molar-refractivity contribution is 0.105. The number of guanidine groups is 1. The molecule has 138 valence electrons. The number of nitrogens with zero attached hydrogens (tertiary/aromatic N) is 4. The van der Waals surface area contributed by atoms with Crippen LogP contribution in [0.2, 0.25) is 0 Å². The molecule has 0 unspecified atom stereocenters. The normalized spacial score (nSPS) is 11.8. The quantitative estimate of drug-likeness (QED) is 0.344. The highest BCUT2D eigenvalue weighted by molar-refractivity contribution is 5.79. The highest BCUT2D eigenvalue weighted by Gasteiger charge is 2.04. The van der Waals surface area contributed by atoms with E-state index in [1.54, 1.807) is 13.3 Å². The van der Waals surface area contributed by atoms with Crippen LogP contribution in [0, 0.1) is 0 Å². The molecule has 0 atom stereocenters. The first kappa shape index (κ1) is 17.9. The summed E-state index contributed by atoms with van der Waals surface area (Å²) in [5.74, 6) is 2.54. The summed E-state index contributed by atoms with van der Waals surface area (Å²) in [6.07, 6.45) is 5.27. The summed E-state index contributed by atoms with van der Waals surface area (Å²) in [6.45, 7) is 2.68.